The zero-order valence-electron chi connectivity index (χ0n) is 11.8. The van der Waals surface area contributed by atoms with E-state index in [1.165, 1.54) is 13.2 Å². The van der Waals surface area contributed by atoms with Crippen LogP contribution in [-0.4, -0.2) is 25.0 Å². The molecule has 0 aromatic heterocycles. The zero-order chi connectivity index (χ0) is 15.4. The van der Waals surface area contributed by atoms with Crippen LogP contribution < -0.4 is 4.74 Å². The number of hydrogen-bond donors (Lipinski definition) is 0. The molecule has 110 valence electrons. The second-order valence-corrected chi connectivity index (χ2v) is 5.77. The summed E-state index contributed by atoms with van der Waals surface area (Å²) in [5.74, 6) is -0.313. The Morgan fingerprint density at radius 3 is 2.62 bits per heavy atom. The SMILES string of the molecule is COc1ccc(CN(C)C(=O)c2ccccc2I)cc1F. The van der Waals surface area contributed by atoms with Gasteiger partial charge in [0.25, 0.3) is 5.91 Å². The summed E-state index contributed by atoms with van der Waals surface area (Å²) in [6.07, 6.45) is 0. The van der Waals surface area contributed by atoms with Crippen molar-refractivity contribution in [2.24, 2.45) is 0 Å². The van der Waals surface area contributed by atoms with E-state index in [1.807, 2.05) is 18.2 Å². The minimum absolute atomic E-state index is 0.0868. The Kier molecular flexibility index (Phi) is 5.17. The van der Waals surface area contributed by atoms with Crippen LogP contribution in [0.15, 0.2) is 42.5 Å². The van der Waals surface area contributed by atoms with E-state index in [-0.39, 0.29) is 11.7 Å². The molecule has 0 saturated carbocycles. The summed E-state index contributed by atoms with van der Waals surface area (Å²) in [6.45, 7) is 0.338. The van der Waals surface area contributed by atoms with E-state index in [4.69, 9.17) is 4.74 Å². The van der Waals surface area contributed by atoms with E-state index < -0.39 is 5.82 Å². The van der Waals surface area contributed by atoms with E-state index in [1.54, 1.807) is 30.1 Å². The molecule has 2 aromatic rings. The van der Waals surface area contributed by atoms with E-state index in [9.17, 15) is 9.18 Å². The molecule has 0 aliphatic rings. The first kappa shape index (κ1) is 15.8. The lowest BCUT2D eigenvalue weighted by molar-refractivity contribution is 0.0784. The van der Waals surface area contributed by atoms with E-state index in [0.29, 0.717) is 12.1 Å². The van der Waals surface area contributed by atoms with Gasteiger partial charge in [-0.2, -0.15) is 0 Å². The van der Waals surface area contributed by atoms with Gasteiger partial charge in [-0.15, -0.1) is 0 Å². The zero-order valence-corrected chi connectivity index (χ0v) is 13.9. The summed E-state index contributed by atoms with van der Waals surface area (Å²) in [5.41, 5.74) is 1.37. The van der Waals surface area contributed by atoms with Crippen LogP contribution in [0.1, 0.15) is 15.9 Å². The molecule has 0 atom stereocenters. The van der Waals surface area contributed by atoms with Gasteiger partial charge in [-0.25, -0.2) is 4.39 Å². The molecule has 0 aliphatic heterocycles. The summed E-state index contributed by atoms with van der Waals surface area (Å²) in [5, 5.41) is 0. The van der Waals surface area contributed by atoms with E-state index in [2.05, 4.69) is 22.6 Å². The van der Waals surface area contributed by atoms with Gasteiger partial charge < -0.3 is 9.64 Å². The molecule has 0 unspecified atom stereocenters. The standard InChI is InChI=1S/C16H15FINO2/c1-19(16(20)12-5-3-4-6-14(12)18)10-11-7-8-15(21-2)13(17)9-11/h3-9H,10H2,1-2H3. The van der Waals surface area contributed by atoms with Gasteiger partial charge in [0.2, 0.25) is 0 Å². The number of carbonyl (C=O) groups excluding carboxylic acids is 1. The number of rotatable bonds is 4. The van der Waals surface area contributed by atoms with Crippen LogP contribution in [0.25, 0.3) is 0 Å². The first-order chi connectivity index (χ1) is 10.0. The number of benzene rings is 2. The van der Waals surface area contributed by atoms with Gasteiger partial charge in [0, 0.05) is 17.2 Å². The highest BCUT2D eigenvalue weighted by Crippen LogP contribution is 2.19. The molecule has 0 saturated heterocycles. The fourth-order valence-corrected chi connectivity index (χ4v) is 2.61. The van der Waals surface area contributed by atoms with Crippen LogP contribution in [0.3, 0.4) is 0 Å². The molecule has 1 amide bonds. The predicted molar refractivity (Wildman–Crippen MR) is 87.9 cm³/mol. The van der Waals surface area contributed by atoms with Crippen molar-refractivity contribution in [2.45, 2.75) is 6.54 Å². The molecule has 0 spiro atoms. The lowest BCUT2D eigenvalue weighted by Gasteiger charge is -2.18. The minimum atomic E-state index is -0.426. The fourth-order valence-electron chi connectivity index (χ4n) is 1.99. The molecule has 0 fully saturated rings. The predicted octanol–water partition coefficient (Wildman–Crippen LogP) is 3.71. The Morgan fingerprint density at radius 1 is 1.29 bits per heavy atom. The summed E-state index contributed by atoms with van der Waals surface area (Å²) in [4.78, 5) is 13.9. The quantitative estimate of drug-likeness (QED) is 0.734. The maximum atomic E-state index is 13.7. The van der Waals surface area contributed by atoms with Gasteiger partial charge in [-0.3, -0.25) is 4.79 Å². The first-order valence-electron chi connectivity index (χ1n) is 6.35. The Balaban J connectivity index is 2.14. The van der Waals surface area contributed by atoms with E-state index in [0.717, 1.165) is 9.13 Å². The maximum absolute atomic E-state index is 13.7. The third kappa shape index (κ3) is 3.72. The van der Waals surface area contributed by atoms with Gasteiger partial charge in [0.1, 0.15) is 0 Å². The normalized spacial score (nSPS) is 10.3. The molecular weight excluding hydrogens is 384 g/mol. The summed E-state index contributed by atoms with van der Waals surface area (Å²) >= 11 is 2.13. The summed E-state index contributed by atoms with van der Waals surface area (Å²) in [7, 11) is 3.12. The van der Waals surface area contributed by atoms with Crippen LogP contribution in [0.2, 0.25) is 0 Å². The molecule has 0 heterocycles. The topological polar surface area (TPSA) is 29.5 Å². The highest BCUT2D eigenvalue weighted by molar-refractivity contribution is 14.1. The van der Waals surface area contributed by atoms with Crippen molar-refractivity contribution in [3.63, 3.8) is 0 Å². The molecule has 2 rings (SSSR count). The Hall–Kier alpha value is -1.63. The molecule has 3 nitrogen and oxygen atoms in total. The Bertz CT molecular complexity index is 660. The molecule has 0 radical (unpaired) electrons. The summed E-state index contributed by atoms with van der Waals surface area (Å²) in [6, 6.07) is 12.1. The molecule has 2 aromatic carbocycles. The number of nitrogens with zero attached hydrogens (tertiary/aromatic N) is 1. The second kappa shape index (κ2) is 6.89. The van der Waals surface area contributed by atoms with Crippen molar-refractivity contribution in [1.82, 2.24) is 4.90 Å². The van der Waals surface area contributed by atoms with Crippen LogP contribution >= 0.6 is 22.6 Å². The highest BCUT2D eigenvalue weighted by Gasteiger charge is 2.15. The van der Waals surface area contributed by atoms with Crippen molar-refractivity contribution in [2.75, 3.05) is 14.2 Å². The minimum Gasteiger partial charge on any atom is -0.494 e. The van der Waals surface area contributed by atoms with Gasteiger partial charge in [0.05, 0.1) is 12.7 Å². The number of carbonyl (C=O) groups is 1. The lowest BCUT2D eigenvalue weighted by atomic mass is 10.1. The van der Waals surface area contributed by atoms with Crippen molar-refractivity contribution < 1.29 is 13.9 Å². The second-order valence-electron chi connectivity index (χ2n) is 4.61. The van der Waals surface area contributed by atoms with Crippen LogP contribution in [-0.2, 0) is 6.54 Å². The monoisotopic (exact) mass is 399 g/mol. The largest absolute Gasteiger partial charge is 0.494 e. The third-order valence-electron chi connectivity index (χ3n) is 3.09. The van der Waals surface area contributed by atoms with Crippen molar-refractivity contribution in [3.05, 3.63) is 63.0 Å². The Labute approximate surface area is 136 Å². The van der Waals surface area contributed by atoms with Gasteiger partial charge >= 0.3 is 0 Å². The van der Waals surface area contributed by atoms with Crippen LogP contribution in [0.4, 0.5) is 4.39 Å². The molecular formula is C16H15FINO2. The molecule has 0 aliphatic carbocycles. The summed E-state index contributed by atoms with van der Waals surface area (Å²) < 4.78 is 19.4. The third-order valence-corrected chi connectivity index (χ3v) is 4.03. The number of halogens is 2. The van der Waals surface area contributed by atoms with E-state index >= 15 is 0 Å². The van der Waals surface area contributed by atoms with Gasteiger partial charge in [-0.05, 0) is 52.4 Å². The molecule has 5 heteroatoms. The van der Waals surface area contributed by atoms with Gasteiger partial charge in [-0.1, -0.05) is 18.2 Å². The van der Waals surface area contributed by atoms with Crippen molar-refractivity contribution >= 4 is 28.5 Å². The molecule has 0 N–H and O–H groups in total. The van der Waals surface area contributed by atoms with Crippen molar-refractivity contribution in [3.8, 4) is 5.75 Å². The number of amides is 1. The Morgan fingerprint density at radius 2 is 2.00 bits per heavy atom. The average molecular weight is 399 g/mol. The average Bonchev–Trinajstić information content (AvgIpc) is 2.47. The van der Waals surface area contributed by atoms with Crippen LogP contribution in [0.5, 0.6) is 5.75 Å². The molecule has 0 bridgehead atoms. The number of hydrogen-bond acceptors (Lipinski definition) is 2. The fraction of sp³-hybridized carbons (Fsp3) is 0.188. The number of methoxy groups -OCH3 is 1. The number of ether oxygens (including phenoxy) is 1. The maximum Gasteiger partial charge on any atom is 0.254 e. The first-order valence-corrected chi connectivity index (χ1v) is 7.43. The molecule has 21 heavy (non-hydrogen) atoms. The highest BCUT2D eigenvalue weighted by atomic mass is 127. The van der Waals surface area contributed by atoms with Gasteiger partial charge in [0.15, 0.2) is 11.6 Å². The lowest BCUT2D eigenvalue weighted by Crippen LogP contribution is -2.26. The van der Waals surface area contributed by atoms with Crippen LogP contribution in [0, 0.1) is 9.39 Å². The smallest absolute Gasteiger partial charge is 0.254 e. The van der Waals surface area contributed by atoms with Crippen molar-refractivity contribution in [1.29, 1.82) is 0 Å².